The average Bonchev–Trinajstić information content (AvgIpc) is 2.87. The molecule has 1 N–H and O–H groups in total. The number of hydrogen-bond acceptors (Lipinski definition) is 5. The number of carbonyl (C=O) groups excluding carboxylic acids is 3. The highest BCUT2D eigenvalue weighted by Crippen LogP contribution is 2.23. The zero-order valence-corrected chi connectivity index (χ0v) is 22.6. The molecule has 1 aromatic carbocycles. The van der Waals surface area contributed by atoms with Crippen LogP contribution in [0, 0.1) is 5.92 Å². The first-order valence-corrected chi connectivity index (χ1v) is 13.9. The first kappa shape index (κ1) is 29.7. The van der Waals surface area contributed by atoms with Crippen molar-refractivity contribution >= 4 is 17.8 Å². The van der Waals surface area contributed by atoms with Gasteiger partial charge in [0.2, 0.25) is 5.91 Å². The van der Waals surface area contributed by atoms with Gasteiger partial charge in [-0.25, -0.2) is 0 Å². The van der Waals surface area contributed by atoms with Crippen LogP contribution in [0.3, 0.4) is 0 Å². The Kier molecular flexibility index (Phi) is 14.0. The van der Waals surface area contributed by atoms with E-state index in [4.69, 9.17) is 9.47 Å². The SMILES string of the molecule is CCCCCCCCCCCCOC(=O)CC1C(=O)NCCN1C(=O)c1ccccc1OCC(C)C. The second-order valence-corrected chi connectivity index (χ2v) is 10.1. The number of benzene rings is 1. The van der Waals surface area contributed by atoms with Gasteiger partial charge >= 0.3 is 5.97 Å². The van der Waals surface area contributed by atoms with Gasteiger partial charge in [0.05, 0.1) is 25.2 Å². The van der Waals surface area contributed by atoms with Crippen LogP contribution in [-0.2, 0) is 14.3 Å². The second-order valence-electron chi connectivity index (χ2n) is 10.1. The summed E-state index contributed by atoms with van der Waals surface area (Å²) in [5, 5.41) is 2.77. The van der Waals surface area contributed by atoms with E-state index in [2.05, 4.69) is 12.2 Å². The molecule has 0 aliphatic carbocycles. The quantitative estimate of drug-likeness (QED) is 0.224. The summed E-state index contributed by atoms with van der Waals surface area (Å²) in [7, 11) is 0. The van der Waals surface area contributed by atoms with Crippen LogP contribution in [0.25, 0.3) is 0 Å². The van der Waals surface area contributed by atoms with Crippen molar-refractivity contribution in [1.82, 2.24) is 10.2 Å². The fourth-order valence-corrected chi connectivity index (χ4v) is 4.33. The highest BCUT2D eigenvalue weighted by atomic mass is 16.5. The van der Waals surface area contributed by atoms with Crippen molar-refractivity contribution < 1.29 is 23.9 Å². The molecule has 1 heterocycles. The first-order valence-electron chi connectivity index (χ1n) is 13.9. The topological polar surface area (TPSA) is 84.9 Å². The van der Waals surface area contributed by atoms with Gasteiger partial charge in [-0.2, -0.15) is 0 Å². The first-order chi connectivity index (χ1) is 17.4. The van der Waals surface area contributed by atoms with Crippen LogP contribution < -0.4 is 10.1 Å². The molecule has 1 aromatic rings. The maximum absolute atomic E-state index is 13.4. The van der Waals surface area contributed by atoms with Gasteiger partial charge in [0, 0.05) is 13.1 Å². The van der Waals surface area contributed by atoms with E-state index in [0.717, 1.165) is 19.3 Å². The molecule has 1 aliphatic rings. The highest BCUT2D eigenvalue weighted by Gasteiger charge is 2.36. The Morgan fingerprint density at radius 2 is 1.64 bits per heavy atom. The van der Waals surface area contributed by atoms with Gasteiger partial charge in [-0.05, 0) is 24.5 Å². The molecule has 36 heavy (non-hydrogen) atoms. The molecule has 7 heteroatoms. The minimum atomic E-state index is -0.885. The Morgan fingerprint density at radius 3 is 2.31 bits per heavy atom. The lowest BCUT2D eigenvalue weighted by Gasteiger charge is -2.35. The van der Waals surface area contributed by atoms with Crippen molar-refractivity contribution in [1.29, 1.82) is 0 Å². The van der Waals surface area contributed by atoms with Crippen LogP contribution in [0.2, 0.25) is 0 Å². The van der Waals surface area contributed by atoms with Crippen LogP contribution in [0.4, 0.5) is 0 Å². The molecule has 202 valence electrons. The van der Waals surface area contributed by atoms with Crippen molar-refractivity contribution in [2.45, 2.75) is 97.4 Å². The number of esters is 1. The molecular weight excluding hydrogens is 456 g/mol. The number of amides is 2. The Hall–Kier alpha value is -2.57. The van der Waals surface area contributed by atoms with E-state index < -0.39 is 12.0 Å². The van der Waals surface area contributed by atoms with Gasteiger partial charge in [-0.1, -0.05) is 90.7 Å². The summed E-state index contributed by atoms with van der Waals surface area (Å²) in [5.74, 6) is -0.283. The van der Waals surface area contributed by atoms with Crippen molar-refractivity contribution in [3.05, 3.63) is 29.8 Å². The van der Waals surface area contributed by atoms with E-state index >= 15 is 0 Å². The molecule has 0 spiro atoms. The number of nitrogens with zero attached hydrogens (tertiary/aromatic N) is 1. The molecule has 1 aliphatic heterocycles. The summed E-state index contributed by atoms with van der Waals surface area (Å²) < 4.78 is 11.2. The summed E-state index contributed by atoms with van der Waals surface area (Å²) in [6.07, 6.45) is 11.9. The predicted molar refractivity (Wildman–Crippen MR) is 142 cm³/mol. The Balaban J connectivity index is 1.79. The van der Waals surface area contributed by atoms with Crippen molar-refractivity contribution in [3.63, 3.8) is 0 Å². The number of ether oxygens (including phenoxy) is 2. The molecule has 7 nitrogen and oxygen atoms in total. The van der Waals surface area contributed by atoms with Crippen LogP contribution in [0.1, 0.15) is 102 Å². The molecule has 1 saturated heterocycles. The maximum Gasteiger partial charge on any atom is 0.308 e. The van der Waals surface area contributed by atoms with E-state index in [1.54, 1.807) is 18.2 Å². The number of para-hydroxylation sites is 1. The van der Waals surface area contributed by atoms with Crippen molar-refractivity contribution in [3.8, 4) is 5.75 Å². The molecule has 0 saturated carbocycles. The van der Waals surface area contributed by atoms with Crippen LogP contribution >= 0.6 is 0 Å². The monoisotopic (exact) mass is 502 g/mol. The Labute approximate surface area is 217 Å². The molecule has 0 bridgehead atoms. The Bertz CT molecular complexity index is 811. The van der Waals surface area contributed by atoms with Gasteiger partial charge in [-0.3, -0.25) is 14.4 Å². The number of carbonyl (C=O) groups is 3. The molecular formula is C29H46N2O5. The minimum Gasteiger partial charge on any atom is -0.492 e. The predicted octanol–water partition coefficient (Wildman–Crippen LogP) is 5.52. The van der Waals surface area contributed by atoms with Crippen LogP contribution in [0.5, 0.6) is 5.75 Å². The van der Waals surface area contributed by atoms with Crippen LogP contribution in [-0.4, -0.2) is 55.0 Å². The average molecular weight is 503 g/mol. The Morgan fingerprint density at radius 1 is 1.00 bits per heavy atom. The lowest BCUT2D eigenvalue weighted by molar-refractivity contribution is -0.147. The van der Waals surface area contributed by atoms with E-state index in [0.29, 0.717) is 43.5 Å². The lowest BCUT2D eigenvalue weighted by atomic mass is 10.1. The fraction of sp³-hybridized carbons (Fsp3) is 0.690. The van der Waals surface area contributed by atoms with Gasteiger partial charge in [0.1, 0.15) is 11.8 Å². The number of piperazine rings is 1. The summed E-state index contributed by atoms with van der Waals surface area (Å²) in [4.78, 5) is 39.9. The molecule has 2 rings (SSSR count). The molecule has 1 fully saturated rings. The van der Waals surface area contributed by atoms with Gasteiger partial charge in [0.25, 0.3) is 5.91 Å². The smallest absolute Gasteiger partial charge is 0.308 e. The largest absolute Gasteiger partial charge is 0.492 e. The lowest BCUT2D eigenvalue weighted by Crippen LogP contribution is -2.57. The van der Waals surface area contributed by atoms with Crippen molar-refractivity contribution in [2.24, 2.45) is 5.92 Å². The van der Waals surface area contributed by atoms with E-state index in [-0.39, 0.29) is 18.2 Å². The third-order valence-electron chi connectivity index (χ3n) is 6.40. The molecule has 1 unspecified atom stereocenters. The summed E-state index contributed by atoms with van der Waals surface area (Å²) in [6, 6.07) is 6.16. The van der Waals surface area contributed by atoms with Gasteiger partial charge in [0.15, 0.2) is 0 Å². The molecule has 2 amide bonds. The van der Waals surface area contributed by atoms with Crippen molar-refractivity contribution in [2.75, 3.05) is 26.3 Å². The van der Waals surface area contributed by atoms with Gasteiger partial charge in [-0.15, -0.1) is 0 Å². The zero-order chi connectivity index (χ0) is 26.2. The number of rotatable bonds is 17. The number of nitrogens with one attached hydrogen (secondary N) is 1. The molecule has 0 aromatic heterocycles. The molecule has 0 radical (unpaired) electrons. The standard InChI is InChI=1S/C29H46N2O5/c1-4-5-6-7-8-9-10-11-12-15-20-35-27(32)21-25-28(33)30-18-19-31(25)29(34)24-16-13-14-17-26(24)36-22-23(2)3/h13-14,16-17,23,25H,4-12,15,18-22H2,1-3H3,(H,30,33). The molecule has 1 atom stereocenters. The highest BCUT2D eigenvalue weighted by molar-refractivity contribution is 6.01. The van der Waals surface area contributed by atoms with E-state index in [1.165, 1.54) is 49.8 Å². The number of unbranched alkanes of at least 4 members (excludes halogenated alkanes) is 9. The maximum atomic E-state index is 13.4. The van der Waals surface area contributed by atoms with E-state index in [1.807, 2.05) is 19.9 Å². The third-order valence-corrected chi connectivity index (χ3v) is 6.40. The summed E-state index contributed by atoms with van der Waals surface area (Å²) in [6.45, 7) is 7.83. The van der Waals surface area contributed by atoms with Crippen LogP contribution in [0.15, 0.2) is 24.3 Å². The normalized spacial score (nSPS) is 15.6. The summed E-state index contributed by atoms with van der Waals surface area (Å²) in [5.41, 5.74) is 0.400. The van der Waals surface area contributed by atoms with Gasteiger partial charge < -0.3 is 19.7 Å². The third kappa shape index (κ3) is 10.6. The van der Waals surface area contributed by atoms with E-state index in [9.17, 15) is 14.4 Å². The minimum absolute atomic E-state index is 0.148. The summed E-state index contributed by atoms with van der Waals surface area (Å²) >= 11 is 0. The fourth-order valence-electron chi connectivity index (χ4n) is 4.33. The zero-order valence-electron chi connectivity index (χ0n) is 22.6. The number of hydrogen-bond donors (Lipinski definition) is 1. The second kappa shape index (κ2) is 17.0.